The summed E-state index contributed by atoms with van der Waals surface area (Å²) in [5, 5.41) is 8.89. The van der Waals surface area contributed by atoms with Crippen LogP contribution in [0.25, 0.3) is 10.2 Å². The van der Waals surface area contributed by atoms with Gasteiger partial charge in [-0.2, -0.15) is 4.31 Å². The molecular formula is C15H18N2O5S2. The fourth-order valence-corrected chi connectivity index (χ4v) is 5.47. The Morgan fingerprint density at radius 2 is 1.83 bits per heavy atom. The summed E-state index contributed by atoms with van der Waals surface area (Å²) >= 11 is 0.863. The van der Waals surface area contributed by atoms with E-state index >= 15 is 0 Å². The first kappa shape index (κ1) is 17.1. The van der Waals surface area contributed by atoms with E-state index in [-0.39, 0.29) is 4.90 Å². The highest BCUT2D eigenvalue weighted by Crippen LogP contribution is 2.25. The molecule has 1 aromatic carbocycles. The van der Waals surface area contributed by atoms with Crippen molar-refractivity contribution < 1.29 is 18.3 Å². The third-order valence-electron chi connectivity index (χ3n) is 4.14. The molecule has 2 heterocycles. The number of carbonyl (C=O) groups is 1. The van der Waals surface area contributed by atoms with Gasteiger partial charge in [-0.25, -0.2) is 8.42 Å². The molecule has 0 radical (unpaired) electrons. The van der Waals surface area contributed by atoms with Crippen LogP contribution >= 0.6 is 11.3 Å². The summed E-state index contributed by atoms with van der Waals surface area (Å²) < 4.78 is 28.7. The van der Waals surface area contributed by atoms with Crippen molar-refractivity contribution in [3.8, 4) is 0 Å². The molecule has 0 aliphatic carbocycles. The summed E-state index contributed by atoms with van der Waals surface area (Å²) in [5.41, 5.74) is 0.446. The van der Waals surface area contributed by atoms with Gasteiger partial charge in [-0.3, -0.25) is 14.2 Å². The highest BCUT2D eigenvalue weighted by Gasteiger charge is 2.26. The Labute approximate surface area is 143 Å². The fourth-order valence-electron chi connectivity index (χ4n) is 2.92. The number of rotatable bonds is 4. The molecule has 0 amide bonds. The van der Waals surface area contributed by atoms with Crippen LogP contribution in [0.2, 0.25) is 0 Å². The Balaban J connectivity index is 2.01. The molecule has 1 fully saturated rings. The topological polar surface area (TPSA) is 96.7 Å². The van der Waals surface area contributed by atoms with Crippen LogP contribution in [0.5, 0.6) is 0 Å². The minimum atomic E-state index is -3.59. The lowest BCUT2D eigenvalue weighted by Gasteiger charge is -2.19. The van der Waals surface area contributed by atoms with Crippen molar-refractivity contribution in [1.29, 1.82) is 0 Å². The zero-order chi connectivity index (χ0) is 17.3. The number of carboxylic acid groups (broad SMARTS) is 1. The minimum absolute atomic E-state index is 0.153. The fraction of sp³-hybridized carbons (Fsp3) is 0.467. The normalized spacial score (nSPS) is 17.0. The summed E-state index contributed by atoms with van der Waals surface area (Å²) in [7, 11) is -3.59. The first-order valence-electron chi connectivity index (χ1n) is 7.75. The number of fused-ring (bicyclic) bond motifs is 1. The van der Waals surface area contributed by atoms with Crippen LogP contribution in [0.1, 0.15) is 25.7 Å². The van der Waals surface area contributed by atoms with Gasteiger partial charge in [0, 0.05) is 13.1 Å². The predicted octanol–water partition coefficient (Wildman–Crippen LogP) is 1.71. The Morgan fingerprint density at radius 1 is 1.17 bits per heavy atom. The summed E-state index contributed by atoms with van der Waals surface area (Å²) in [4.78, 5) is 22.6. The van der Waals surface area contributed by atoms with Gasteiger partial charge in [-0.1, -0.05) is 24.2 Å². The maximum Gasteiger partial charge on any atom is 0.323 e. The molecule has 0 spiro atoms. The second-order valence-electron chi connectivity index (χ2n) is 5.80. The second-order valence-corrected chi connectivity index (χ2v) is 8.73. The van der Waals surface area contributed by atoms with Crippen LogP contribution in [0, 0.1) is 0 Å². The lowest BCUT2D eigenvalue weighted by molar-refractivity contribution is -0.137. The van der Waals surface area contributed by atoms with Crippen molar-refractivity contribution in [1.82, 2.24) is 8.87 Å². The Morgan fingerprint density at radius 3 is 2.46 bits per heavy atom. The van der Waals surface area contributed by atoms with Gasteiger partial charge >= 0.3 is 10.8 Å². The SMILES string of the molecule is O=C(O)Cn1c(=O)sc2cc(S(=O)(=O)N3CCCCCC3)ccc21. The Bertz CT molecular complexity index is 921. The van der Waals surface area contributed by atoms with E-state index in [1.165, 1.54) is 22.5 Å². The van der Waals surface area contributed by atoms with Crippen molar-refractivity contribution in [2.75, 3.05) is 13.1 Å². The van der Waals surface area contributed by atoms with Gasteiger partial charge in [0.25, 0.3) is 0 Å². The average Bonchev–Trinajstić information content (AvgIpc) is 2.72. The molecule has 1 aromatic heterocycles. The number of hydrogen-bond donors (Lipinski definition) is 1. The smallest absolute Gasteiger partial charge is 0.323 e. The zero-order valence-corrected chi connectivity index (χ0v) is 14.6. The molecule has 1 aliphatic heterocycles. The molecule has 0 atom stereocenters. The van der Waals surface area contributed by atoms with Gasteiger partial charge in [0.1, 0.15) is 6.54 Å². The van der Waals surface area contributed by atoms with E-state index in [1.54, 1.807) is 0 Å². The summed E-state index contributed by atoms with van der Waals surface area (Å²) in [6.45, 7) is 0.588. The van der Waals surface area contributed by atoms with Crippen LogP contribution in [-0.4, -0.2) is 41.5 Å². The molecular weight excluding hydrogens is 352 g/mol. The van der Waals surface area contributed by atoms with Gasteiger partial charge in [0.2, 0.25) is 10.0 Å². The summed E-state index contributed by atoms with van der Waals surface area (Å²) in [6.07, 6.45) is 3.77. The van der Waals surface area contributed by atoms with Gasteiger partial charge in [0.15, 0.2) is 0 Å². The van der Waals surface area contributed by atoms with Crippen molar-refractivity contribution in [2.45, 2.75) is 37.1 Å². The van der Waals surface area contributed by atoms with Crippen molar-refractivity contribution >= 4 is 37.5 Å². The molecule has 0 saturated carbocycles. The van der Waals surface area contributed by atoms with Gasteiger partial charge in [-0.15, -0.1) is 0 Å². The Kier molecular flexibility index (Phi) is 4.75. The van der Waals surface area contributed by atoms with E-state index in [1.807, 2.05) is 0 Å². The number of aromatic nitrogens is 1. The summed E-state index contributed by atoms with van der Waals surface area (Å²) in [5.74, 6) is -1.11. The number of hydrogen-bond acceptors (Lipinski definition) is 5. The quantitative estimate of drug-likeness (QED) is 0.884. The van der Waals surface area contributed by atoms with Gasteiger partial charge in [-0.05, 0) is 31.0 Å². The maximum atomic E-state index is 12.8. The number of sulfonamides is 1. The number of thiazole rings is 1. The van der Waals surface area contributed by atoms with E-state index in [0.29, 0.717) is 23.3 Å². The number of benzene rings is 1. The van der Waals surface area contributed by atoms with E-state index < -0.39 is 27.4 Å². The molecule has 24 heavy (non-hydrogen) atoms. The molecule has 3 rings (SSSR count). The largest absolute Gasteiger partial charge is 0.480 e. The van der Waals surface area contributed by atoms with Crippen LogP contribution < -0.4 is 4.87 Å². The van der Waals surface area contributed by atoms with Crippen LogP contribution in [-0.2, 0) is 21.4 Å². The molecule has 1 saturated heterocycles. The van der Waals surface area contributed by atoms with Crippen LogP contribution in [0.3, 0.4) is 0 Å². The van der Waals surface area contributed by atoms with Gasteiger partial charge in [0.05, 0.1) is 15.1 Å². The Hall–Kier alpha value is -1.71. The number of nitrogens with zero attached hydrogens (tertiary/aromatic N) is 2. The van der Waals surface area contributed by atoms with Crippen molar-refractivity contribution in [2.24, 2.45) is 0 Å². The van der Waals surface area contributed by atoms with Crippen molar-refractivity contribution in [3.05, 3.63) is 27.9 Å². The maximum absolute atomic E-state index is 12.8. The third-order valence-corrected chi connectivity index (χ3v) is 6.97. The molecule has 2 aromatic rings. The molecule has 0 unspecified atom stereocenters. The molecule has 0 bridgehead atoms. The first-order valence-corrected chi connectivity index (χ1v) is 10.0. The van der Waals surface area contributed by atoms with E-state index in [9.17, 15) is 18.0 Å². The van der Waals surface area contributed by atoms with E-state index in [0.717, 1.165) is 41.6 Å². The highest BCUT2D eigenvalue weighted by atomic mass is 32.2. The highest BCUT2D eigenvalue weighted by molar-refractivity contribution is 7.89. The standard InChI is InChI=1S/C15H18N2O5S2/c18-14(19)10-17-12-6-5-11(9-13(12)23-15(17)20)24(21,22)16-7-3-1-2-4-8-16/h5-6,9H,1-4,7-8,10H2,(H,18,19). The van der Waals surface area contributed by atoms with Crippen molar-refractivity contribution in [3.63, 3.8) is 0 Å². The van der Waals surface area contributed by atoms with E-state index in [4.69, 9.17) is 5.11 Å². The second kappa shape index (κ2) is 6.66. The summed E-state index contributed by atoms with van der Waals surface area (Å²) in [6, 6.07) is 4.44. The predicted molar refractivity (Wildman–Crippen MR) is 90.9 cm³/mol. The molecule has 9 heteroatoms. The monoisotopic (exact) mass is 370 g/mol. The zero-order valence-electron chi connectivity index (χ0n) is 13.0. The molecule has 1 N–H and O–H groups in total. The lowest BCUT2D eigenvalue weighted by atomic mass is 10.2. The lowest BCUT2D eigenvalue weighted by Crippen LogP contribution is -2.31. The molecule has 130 valence electrons. The molecule has 1 aliphatic rings. The van der Waals surface area contributed by atoms with E-state index in [2.05, 4.69) is 0 Å². The first-order chi connectivity index (χ1) is 11.4. The molecule has 7 nitrogen and oxygen atoms in total. The minimum Gasteiger partial charge on any atom is -0.480 e. The number of carboxylic acids is 1. The third kappa shape index (κ3) is 3.24. The van der Waals surface area contributed by atoms with Crippen LogP contribution in [0.4, 0.5) is 0 Å². The average molecular weight is 370 g/mol. The number of aliphatic carboxylic acids is 1. The van der Waals surface area contributed by atoms with Gasteiger partial charge < -0.3 is 5.11 Å². The van der Waals surface area contributed by atoms with Crippen LogP contribution in [0.15, 0.2) is 27.9 Å².